The quantitative estimate of drug-likeness (QED) is 0.730. The van der Waals surface area contributed by atoms with Crippen molar-refractivity contribution in [3.05, 3.63) is 0 Å². The lowest BCUT2D eigenvalue weighted by Crippen LogP contribution is -2.55. The number of halogens is 4. The molecule has 0 aromatic carbocycles. The van der Waals surface area contributed by atoms with Gasteiger partial charge >= 0.3 is 12.3 Å². The predicted molar refractivity (Wildman–Crippen MR) is 53.8 cm³/mol. The summed E-state index contributed by atoms with van der Waals surface area (Å²) in [7, 11) is 0. The van der Waals surface area contributed by atoms with Crippen molar-refractivity contribution in [2.75, 3.05) is 13.1 Å². The van der Waals surface area contributed by atoms with E-state index < -0.39 is 30.2 Å². The molecule has 1 amide bonds. The number of alkyl halides is 4. The zero-order chi connectivity index (χ0) is 13.3. The van der Waals surface area contributed by atoms with E-state index in [1.165, 1.54) is 0 Å². The van der Waals surface area contributed by atoms with Gasteiger partial charge in [-0.2, -0.15) is 8.78 Å². The van der Waals surface area contributed by atoms with Crippen molar-refractivity contribution in [3.8, 4) is 0 Å². The summed E-state index contributed by atoms with van der Waals surface area (Å²) in [5, 5.41) is 1.87. The number of carbonyl (C=O) groups is 1. The normalized spacial score (nSPS) is 29.0. The molecule has 17 heavy (non-hydrogen) atoms. The Bertz CT molecular complexity index is 290. The van der Waals surface area contributed by atoms with Crippen LogP contribution in [0.5, 0.6) is 0 Å². The summed E-state index contributed by atoms with van der Waals surface area (Å²) < 4.78 is 48.9. The number of carbonyl (C=O) groups excluding carboxylic acids is 1. The molecule has 1 aliphatic rings. The van der Waals surface area contributed by atoms with E-state index in [1.807, 2.05) is 12.2 Å². The maximum atomic E-state index is 12.6. The largest absolute Gasteiger partial charge is 0.349 e. The van der Waals surface area contributed by atoms with Crippen LogP contribution in [0.2, 0.25) is 0 Å². The fraction of sp³-hybridized carbons (Fsp3) is 0.900. The number of rotatable bonds is 5. The molecule has 0 spiro atoms. The van der Waals surface area contributed by atoms with Crippen molar-refractivity contribution in [3.63, 3.8) is 0 Å². The Kier molecular flexibility index (Phi) is 4.01. The molecule has 0 saturated heterocycles. The minimum Gasteiger partial charge on any atom is -0.349 e. The van der Waals surface area contributed by atoms with Crippen molar-refractivity contribution in [1.29, 1.82) is 0 Å². The smallest absolute Gasteiger partial charge is 0.324 e. The van der Waals surface area contributed by atoms with Gasteiger partial charge in [0.2, 0.25) is 5.91 Å². The molecule has 100 valence electrons. The first kappa shape index (κ1) is 14.2. The van der Waals surface area contributed by atoms with Crippen LogP contribution in [-0.4, -0.2) is 31.3 Å². The van der Waals surface area contributed by atoms with Gasteiger partial charge in [-0.15, -0.1) is 0 Å². The third-order valence-corrected chi connectivity index (χ3v) is 3.15. The number of hydrogen-bond acceptors (Lipinski definition) is 2. The highest BCUT2D eigenvalue weighted by atomic mass is 19.3. The molecular weight excluding hydrogens is 240 g/mol. The summed E-state index contributed by atoms with van der Waals surface area (Å²) in [6, 6.07) is 0. The molecule has 0 bridgehead atoms. The summed E-state index contributed by atoms with van der Waals surface area (Å²) >= 11 is 0. The van der Waals surface area contributed by atoms with Gasteiger partial charge in [0, 0.05) is 6.54 Å². The standard InChI is InChI=1S/C10H16F4N2O/c1-6-2-9(3-6,4-15)8(17)16-5-10(13,14)7(11)12/h6-7H,2-5,15H2,1H3,(H,16,17). The average molecular weight is 256 g/mol. The second kappa shape index (κ2) is 4.80. The van der Waals surface area contributed by atoms with E-state index in [9.17, 15) is 22.4 Å². The first-order valence-electron chi connectivity index (χ1n) is 5.38. The Morgan fingerprint density at radius 1 is 1.53 bits per heavy atom. The van der Waals surface area contributed by atoms with Crippen LogP contribution in [0.25, 0.3) is 0 Å². The summed E-state index contributed by atoms with van der Waals surface area (Å²) in [6.07, 6.45) is -2.76. The van der Waals surface area contributed by atoms with Gasteiger partial charge in [-0.1, -0.05) is 6.92 Å². The zero-order valence-corrected chi connectivity index (χ0v) is 9.48. The van der Waals surface area contributed by atoms with Gasteiger partial charge in [-0.25, -0.2) is 8.78 Å². The van der Waals surface area contributed by atoms with Crippen LogP contribution in [0, 0.1) is 11.3 Å². The fourth-order valence-corrected chi connectivity index (χ4v) is 2.18. The molecule has 1 saturated carbocycles. The summed E-state index contributed by atoms with van der Waals surface area (Å²) in [6.45, 7) is 0.609. The van der Waals surface area contributed by atoms with Gasteiger partial charge in [0.25, 0.3) is 0 Å². The average Bonchev–Trinajstić information content (AvgIpc) is 2.21. The molecule has 0 heterocycles. The molecular formula is C10H16F4N2O. The third kappa shape index (κ3) is 2.88. The van der Waals surface area contributed by atoms with Gasteiger partial charge in [0.05, 0.1) is 12.0 Å². The molecule has 1 fully saturated rings. The maximum absolute atomic E-state index is 12.6. The highest BCUT2D eigenvalue weighted by molar-refractivity contribution is 5.84. The van der Waals surface area contributed by atoms with Crippen molar-refractivity contribution >= 4 is 5.91 Å². The van der Waals surface area contributed by atoms with Crippen LogP contribution in [0.4, 0.5) is 17.6 Å². The van der Waals surface area contributed by atoms with Crippen molar-refractivity contribution in [2.24, 2.45) is 17.1 Å². The van der Waals surface area contributed by atoms with E-state index >= 15 is 0 Å². The Morgan fingerprint density at radius 3 is 2.41 bits per heavy atom. The lowest BCUT2D eigenvalue weighted by molar-refractivity contribution is -0.147. The van der Waals surface area contributed by atoms with E-state index in [0.29, 0.717) is 18.8 Å². The molecule has 0 aliphatic heterocycles. The van der Waals surface area contributed by atoms with E-state index in [2.05, 4.69) is 0 Å². The van der Waals surface area contributed by atoms with Crippen LogP contribution in [-0.2, 0) is 4.79 Å². The van der Waals surface area contributed by atoms with E-state index in [0.717, 1.165) is 0 Å². The van der Waals surface area contributed by atoms with Crippen LogP contribution < -0.4 is 11.1 Å². The molecule has 0 unspecified atom stereocenters. The van der Waals surface area contributed by atoms with E-state index in [1.54, 1.807) is 0 Å². The molecule has 1 aliphatic carbocycles. The van der Waals surface area contributed by atoms with Crippen LogP contribution in [0.3, 0.4) is 0 Å². The van der Waals surface area contributed by atoms with Gasteiger partial charge in [0.1, 0.15) is 0 Å². The summed E-state index contributed by atoms with van der Waals surface area (Å²) in [5.74, 6) is -4.54. The first-order chi connectivity index (χ1) is 7.73. The summed E-state index contributed by atoms with van der Waals surface area (Å²) in [5.41, 5.74) is 4.58. The van der Waals surface area contributed by atoms with Gasteiger partial charge < -0.3 is 11.1 Å². The van der Waals surface area contributed by atoms with Crippen molar-refractivity contribution in [2.45, 2.75) is 32.1 Å². The molecule has 3 nitrogen and oxygen atoms in total. The molecule has 0 radical (unpaired) electrons. The minimum atomic E-state index is -4.19. The van der Waals surface area contributed by atoms with Gasteiger partial charge in [-0.3, -0.25) is 4.79 Å². The topological polar surface area (TPSA) is 55.1 Å². The Morgan fingerprint density at radius 2 is 2.06 bits per heavy atom. The first-order valence-corrected chi connectivity index (χ1v) is 5.38. The van der Waals surface area contributed by atoms with E-state index in [-0.39, 0.29) is 6.54 Å². The molecule has 3 N–H and O–H groups in total. The zero-order valence-electron chi connectivity index (χ0n) is 9.48. The maximum Gasteiger partial charge on any atom is 0.324 e. The highest BCUT2D eigenvalue weighted by Crippen LogP contribution is 2.44. The highest BCUT2D eigenvalue weighted by Gasteiger charge is 2.48. The number of hydrogen-bond donors (Lipinski definition) is 2. The fourth-order valence-electron chi connectivity index (χ4n) is 2.18. The Balaban J connectivity index is 2.50. The monoisotopic (exact) mass is 256 g/mol. The number of nitrogens with one attached hydrogen (secondary N) is 1. The summed E-state index contributed by atoms with van der Waals surface area (Å²) in [4.78, 5) is 11.6. The Hall–Kier alpha value is -0.850. The molecule has 0 atom stereocenters. The van der Waals surface area contributed by atoms with Crippen LogP contribution >= 0.6 is 0 Å². The minimum absolute atomic E-state index is 0.0451. The van der Waals surface area contributed by atoms with Gasteiger partial charge in [-0.05, 0) is 18.8 Å². The molecule has 0 aromatic heterocycles. The number of amides is 1. The van der Waals surface area contributed by atoms with Crippen molar-refractivity contribution in [1.82, 2.24) is 5.32 Å². The second-order valence-corrected chi connectivity index (χ2v) is 4.74. The van der Waals surface area contributed by atoms with Crippen LogP contribution in [0.1, 0.15) is 19.8 Å². The second-order valence-electron chi connectivity index (χ2n) is 4.74. The molecule has 1 rings (SSSR count). The third-order valence-electron chi connectivity index (χ3n) is 3.15. The number of nitrogens with two attached hydrogens (primary N) is 1. The van der Waals surface area contributed by atoms with Gasteiger partial charge in [0.15, 0.2) is 0 Å². The Labute approximate surface area is 96.7 Å². The van der Waals surface area contributed by atoms with Crippen molar-refractivity contribution < 1.29 is 22.4 Å². The molecule has 0 aromatic rings. The lowest BCUT2D eigenvalue weighted by atomic mass is 9.62. The molecule has 7 heteroatoms. The lowest BCUT2D eigenvalue weighted by Gasteiger charge is -2.44. The van der Waals surface area contributed by atoms with E-state index in [4.69, 9.17) is 5.73 Å². The predicted octanol–water partition coefficient (Wildman–Crippen LogP) is 1.38. The SMILES string of the molecule is CC1CC(CN)(C(=O)NCC(F)(F)C(F)F)C1. The van der Waals surface area contributed by atoms with Crippen LogP contribution in [0.15, 0.2) is 0 Å².